The molecule has 0 unspecified atom stereocenters. The number of carbonyl (C=O) groups is 3. The van der Waals surface area contributed by atoms with Crippen LogP contribution < -0.4 is 5.32 Å². The summed E-state index contributed by atoms with van der Waals surface area (Å²) in [6.07, 6.45) is 1.59. The van der Waals surface area contributed by atoms with Gasteiger partial charge in [-0.25, -0.2) is 0 Å². The van der Waals surface area contributed by atoms with Crippen LogP contribution in [0.25, 0.3) is 0 Å². The SMILES string of the molecule is O=C(NCCCc1ccc(O)cc1)c1ccc(CN2C(=O)c3ccccc3C2=O)cc1. The van der Waals surface area contributed by atoms with Crippen LogP contribution >= 0.6 is 0 Å². The Morgan fingerprint density at radius 2 is 1.39 bits per heavy atom. The number of benzene rings is 3. The van der Waals surface area contributed by atoms with E-state index < -0.39 is 0 Å². The van der Waals surface area contributed by atoms with Crippen LogP contribution in [0.3, 0.4) is 0 Å². The number of amides is 3. The maximum absolute atomic E-state index is 12.5. The molecule has 3 aromatic rings. The lowest BCUT2D eigenvalue weighted by Crippen LogP contribution is -2.29. The highest BCUT2D eigenvalue weighted by Gasteiger charge is 2.34. The molecule has 0 radical (unpaired) electrons. The normalized spacial score (nSPS) is 12.7. The molecule has 0 bridgehead atoms. The zero-order valence-electron chi connectivity index (χ0n) is 16.9. The molecule has 4 rings (SSSR count). The minimum Gasteiger partial charge on any atom is -0.508 e. The summed E-state index contributed by atoms with van der Waals surface area (Å²) in [5, 5.41) is 12.2. The number of phenolic OH excluding ortho intramolecular Hbond substituents is 1. The first-order chi connectivity index (χ1) is 15.0. The first-order valence-corrected chi connectivity index (χ1v) is 10.1. The minimum atomic E-state index is -0.295. The third kappa shape index (κ3) is 4.48. The molecule has 0 saturated heterocycles. The molecular weight excluding hydrogens is 392 g/mol. The van der Waals surface area contributed by atoms with Crippen LogP contribution in [0.5, 0.6) is 5.75 Å². The molecule has 0 aliphatic carbocycles. The first kappa shape index (κ1) is 20.3. The zero-order chi connectivity index (χ0) is 21.8. The van der Waals surface area contributed by atoms with Crippen molar-refractivity contribution in [3.63, 3.8) is 0 Å². The van der Waals surface area contributed by atoms with Crippen molar-refractivity contribution < 1.29 is 19.5 Å². The Kier molecular flexibility index (Phi) is 5.80. The molecule has 1 aliphatic rings. The van der Waals surface area contributed by atoms with Crippen molar-refractivity contribution in [1.82, 2.24) is 10.2 Å². The molecular formula is C25H22N2O4. The molecule has 156 valence electrons. The monoisotopic (exact) mass is 414 g/mol. The summed E-state index contributed by atoms with van der Waals surface area (Å²) < 4.78 is 0. The van der Waals surface area contributed by atoms with Gasteiger partial charge in [-0.15, -0.1) is 0 Å². The van der Waals surface area contributed by atoms with Gasteiger partial charge >= 0.3 is 0 Å². The van der Waals surface area contributed by atoms with E-state index in [2.05, 4.69) is 5.32 Å². The summed E-state index contributed by atoms with van der Waals surface area (Å²) in [5.41, 5.74) is 3.25. The Hall–Kier alpha value is -3.93. The fourth-order valence-electron chi connectivity index (χ4n) is 3.59. The summed E-state index contributed by atoms with van der Waals surface area (Å²) in [6, 6.07) is 20.7. The Bertz CT molecular complexity index is 1090. The van der Waals surface area contributed by atoms with Crippen LogP contribution in [-0.4, -0.2) is 34.3 Å². The van der Waals surface area contributed by atoms with Crippen molar-refractivity contribution in [2.75, 3.05) is 6.54 Å². The number of rotatable bonds is 7. The van der Waals surface area contributed by atoms with E-state index in [0.717, 1.165) is 24.0 Å². The van der Waals surface area contributed by atoms with Crippen molar-refractivity contribution in [2.24, 2.45) is 0 Å². The Balaban J connectivity index is 1.29. The molecule has 0 spiro atoms. The predicted octanol–water partition coefficient (Wildman–Crippen LogP) is 3.55. The van der Waals surface area contributed by atoms with Gasteiger partial charge in [0.1, 0.15) is 5.75 Å². The van der Waals surface area contributed by atoms with Gasteiger partial charge in [-0.2, -0.15) is 0 Å². The van der Waals surface area contributed by atoms with Crippen LogP contribution in [0.1, 0.15) is 48.6 Å². The number of imide groups is 1. The maximum atomic E-state index is 12.5. The number of fused-ring (bicyclic) bond motifs is 1. The van der Waals surface area contributed by atoms with Gasteiger partial charge in [0.25, 0.3) is 17.7 Å². The number of carbonyl (C=O) groups excluding carboxylic acids is 3. The third-order valence-electron chi connectivity index (χ3n) is 5.30. The van der Waals surface area contributed by atoms with Gasteiger partial charge in [0.2, 0.25) is 0 Å². The third-order valence-corrected chi connectivity index (χ3v) is 5.30. The average Bonchev–Trinajstić information content (AvgIpc) is 3.03. The van der Waals surface area contributed by atoms with Gasteiger partial charge in [0.15, 0.2) is 0 Å². The van der Waals surface area contributed by atoms with Gasteiger partial charge in [-0.05, 0) is 60.4 Å². The van der Waals surface area contributed by atoms with Crippen LogP contribution in [-0.2, 0) is 13.0 Å². The quantitative estimate of drug-likeness (QED) is 0.457. The summed E-state index contributed by atoms with van der Waals surface area (Å²) in [4.78, 5) is 38.5. The number of aryl methyl sites for hydroxylation is 1. The van der Waals surface area contributed by atoms with Gasteiger partial charge in [-0.3, -0.25) is 19.3 Å². The Morgan fingerprint density at radius 3 is 2.00 bits per heavy atom. The summed E-state index contributed by atoms with van der Waals surface area (Å²) in [6.45, 7) is 0.706. The highest BCUT2D eigenvalue weighted by atomic mass is 16.3. The molecule has 0 fully saturated rings. The van der Waals surface area contributed by atoms with Crippen molar-refractivity contribution in [1.29, 1.82) is 0 Å². The fraction of sp³-hybridized carbons (Fsp3) is 0.160. The van der Waals surface area contributed by atoms with Crippen LogP contribution in [0.4, 0.5) is 0 Å². The number of hydrogen-bond acceptors (Lipinski definition) is 4. The van der Waals surface area contributed by atoms with E-state index in [4.69, 9.17) is 0 Å². The van der Waals surface area contributed by atoms with Crippen molar-refractivity contribution in [2.45, 2.75) is 19.4 Å². The van der Waals surface area contributed by atoms with Gasteiger partial charge in [-0.1, -0.05) is 36.4 Å². The fourth-order valence-corrected chi connectivity index (χ4v) is 3.59. The van der Waals surface area contributed by atoms with Crippen molar-refractivity contribution >= 4 is 17.7 Å². The van der Waals surface area contributed by atoms with Crippen molar-refractivity contribution in [3.8, 4) is 5.75 Å². The second-order valence-corrected chi connectivity index (χ2v) is 7.46. The first-order valence-electron chi connectivity index (χ1n) is 10.1. The van der Waals surface area contributed by atoms with E-state index in [9.17, 15) is 19.5 Å². The number of phenols is 1. The number of nitrogens with one attached hydrogen (secondary N) is 1. The average molecular weight is 414 g/mol. The van der Waals surface area contributed by atoms with Crippen LogP contribution in [0.15, 0.2) is 72.8 Å². The Labute approximate surface area is 180 Å². The number of nitrogens with zero attached hydrogens (tertiary/aromatic N) is 1. The maximum Gasteiger partial charge on any atom is 0.261 e. The molecule has 6 nitrogen and oxygen atoms in total. The smallest absolute Gasteiger partial charge is 0.261 e. The molecule has 3 amide bonds. The molecule has 0 saturated carbocycles. The summed E-state index contributed by atoms with van der Waals surface area (Å²) in [5.74, 6) is -0.520. The summed E-state index contributed by atoms with van der Waals surface area (Å²) >= 11 is 0. The topological polar surface area (TPSA) is 86.7 Å². The summed E-state index contributed by atoms with van der Waals surface area (Å²) in [7, 11) is 0. The zero-order valence-corrected chi connectivity index (χ0v) is 16.9. The Morgan fingerprint density at radius 1 is 0.806 bits per heavy atom. The molecule has 3 aromatic carbocycles. The van der Waals surface area contributed by atoms with Crippen LogP contribution in [0.2, 0.25) is 0 Å². The van der Waals surface area contributed by atoms with Gasteiger partial charge in [0, 0.05) is 12.1 Å². The lowest BCUT2D eigenvalue weighted by atomic mass is 10.1. The van der Waals surface area contributed by atoms with E-state index in [-0.39, 0.29) is 30.0 Å². The standard InChI is InChI=1S/C25H22N2O4/c28-20-13-9-17(10-14-20)4-3-15-26-23(29)19-11-7-18(8-12-19)16-27-24(30)21-5-1-2-6-22(21)25(27)31/h1-2,5-14,28H,3-4,15-16H2,(H,26,29). The lowest BCUT2D eigenvalue weighted by molar-refractivity contribution is 0.0641. The van der Waals surface area contributed by atoms with Gasteiger partial charge < -0.3 is 10.4 Å². The molecule has 2 N–H and O–H groups in total. The second-order valence-electron chi connectivity index (χ2n) is 7.46. The lowest BCUT2D eigenvalue weighted by Gasteiger charge is -2.14. The van der Waals surface area contributed by atoms with E-state index in [1.807, 2.05) is 12.1 Å². The predicted molar refractivity (Wildman–Crippen MR) is 116 cm³/mol. The molecule has 1 heterocycles. The van der Waals surface area contributed by atoms with Gasteiger partial charge in [0.05, 0.1) is 17.7 Å². The molecule has 31 heavy (non-hydrogen) atoms. The second kappa shape index (κ2) is 8.83. The molecule has 1 aliphatic heterocycles. The highest BCUT2D eigenvalue weighted by Crippen LogP contribution is 2.24. The van der Waals surface area contributed by atoms with Crippen molar-refractivity contribution in [3.05, 3.63) is 101 Å². The van der Waals surface area contributed by atoms with E-state index >= 15 is 0 Å². The number of hydrogen-bond donors (Lipinski definition) is 2. The largest absolute Gasteiger partial charge is 0.508 e. The molecule has 0 aromatic heterocycles. The van der Waals surface area contributed by atoms with E-state index in [1.165, 1.54) is 4.90 Å². The molecule has 6 heteroatoms. The molecule has 0 atom stereocenters. The van der Waals surface area contributed by atoms with E-state index in [0.29, 0.717) is 23.2 Å². The highest BCUT2D eigenvalue weighted by molar-refractivity contribution is 6.21. The van der Waals surface area contributed by atoms with E-state index in [1.54, 1.807) is 60.7 Å². The minimum absolute atomic E-state index is 0.168. The van der Waals surface area contributed by atoms with Crippen LogP contribution in [0, 0.1) is 0 Å². The number of aromatic hydroxyl groups is 1.